The van der Waals surface area contributed by atoms with Crippen LogP contribution in [0.1, 0.15) is 56.4 Å². The van der Waals surface area contributed by atoms with Crippen LogP contribution >= 0.6 is 23.1 Å². The van der Waals surface area contributed by atoms with Crippen LogP contribution in [0.15, 0.2) is 89.8 Å². The van der Waals surface area contributed by atoms with Gasteiger partial charge in [-0.05, 0) is 60.6 Å². The van der Waals surface area contributed by atoms with E-state index in [1.54, 1.807) is 0 Å². The fourth-order valence-electron chi connectivity index (χ4n) is 5.00. The van der Waals surface area contributed by atoms with Gasteiger partial charge in [0.25, 0.3) is 0 Å². The van der Waals surface area contributed by atoms with Gasteiger partial charge in [0.15, 0.2) is 0 Å². The number of amides is 2. The van der Waals surface area contributed by atoms with E-state index in [1.165, 1.54) is 30.2 Å². The monoisotopic (exact) mass is 584 g/mol. The van der Waals surface area contributed by atoms with Crippen LogP contribution in [0.4, 0.5) is 10.7 Å². The van der Waals surface area contributed by atoms with Crippen LogP contribution in [-0.4, -0.2) is 24.9 Å². The molecular weight excluding hydrogens is 553 g/mol. The summed E-state index contributed by atoms with van der Waals surface area (Å²) in [6.45, 7) is 0. The summed E-state index contributed by atoms with van der Waals surface area (Å²) in [6, 6.07) is 26.7. The molecular formula is C33H32N2O4S2. The maximum atomic E-state index is 13.9. The highest BCUT2D eigenvalue weighted by Crippen LogP contribution is 2.41. The Hall–Kier alpha value is -3.88. The predicted octanol–water partition coefficient (Wildman–Crippen LogP) is 7.46. The zero-order valence-electron chi connectivity index (χ0n) is 22.9. The van der Waals surface area contributed by atoms with E-state index in [1.807, 2.05) is 84.9 Å². The van der Waals surface area contributed by atoms with E-state index in [4.69, 9.17) is 4.74 Å². The number of rotatable bonds is 9. The van der Waals surface area contributed by atoms with Crippen LogP contribution < -0.4 is 10.6 Å². The molecule has 0 spiro atoms. The van der Waals surface area contributed by atoms with E-state index in [0.717, 1.165) is 58.6 Å². The lowest BCUT2D eigenvalue weighted by molar-refractivity contribution is -0.116. The summed E-state index contributed by atoms with van der Waals surface area (Å²) in [5.41, 5.74) is 3.94. The van der Waals surface area contributed by atoms with E-state index >= 15 is 0 Å². The summed E-state index contributed by atoms with van der Waals surface area (Å²) in [7, 11) is 1.38. The molecule has 1 aromatic heterocycles. The van der Waals surface area contributed by atoms with Gasteiger partial charge in [-0.1, -0.05) is 73.2 Å². The Labute approximate surface area is 248 Å². The number of thioether (sulfide) groups is 1. The van der Waals surface area contributed by atoms with Crippen LogP contribution in [0.3, 0.4) is 0 Å². The molecule has 1 atom stereocenters. The zero-order valence-corrected chi connectivity index (χ0v) is 24.5. The van der Waals surface area contributed by atoms with E-state index in [2.05, 4.69) is 10.6 Å². The lowest BCUT2D eigenvalue weighted by Crippen LogP contribution is -2.20. The van der Waals surface area contributed by atoms with Crippen LogP contribution in [0, 0.1) is 0 Å². The Bertz CT molecular complexity index is 1520. The lowest BCUT2D eigenvalue weighted by Gasteiger charge is -2.18. The summed E-state index contributed by atoms with van der Waals surface area (Å²) < 4.78 is 5.12. The van der Waals surface area contributed by atoms with Gasteiger partial charge < -0.3 is 15.4 Å². The number of aryl methyl sites for hydroxylation is 1. The number of hydrogen-bond donors (Lipinski definition) is 2. The highest BCUT2D eigenvalue weighted by atomic mass is 32.2. The Morgan fingerprint density at radius 3 is 2.37 bits per heavy atom. The van der Waals surface area contributed by atoms with Crippen molar-refractivity contribution in [2.24, 2.45) is 0 Å². The van der Waals surface area contributed by atoms with Gasteiger partial charge in [-0.3, -0.25) is 9.59 Å². The Morgan fingerprint density at radius 2 is 1.61 bits per heavy atom. The van der Waals surface area contributed by atoms with Crippen LogP contribution in [0.5, 0.6) is 0 Å². The smallest absolute Gasteiger partial charge is 0.341 e. The number of benzene rings is 3. The fourth-order valence-corrected chi connectivity index (χ4v) is 7.36. The van der Waals surface area contributed by atoms with Crippen molar-refractivity contribution in [3.63, 3.8) is 0 Å². The largest absolute Gasteiger partial charge is 0.465 e. The van der Waals surface area contributed by atoms with Crippen LogP contribution in [-0.2, 0) is 33.6 Å². The molecule has 0 bridgehead atoms. The van der Waals surface area contributed by atoms with Crippen molar-refractivity contribution < 1.29 is 19.1 Å². The molecule has 1 aliphatic rings. The van der Waals surface area contributed by atoms with E-state index < -0.39 is 11.2 Å². The number of hydrogen-bond acceptors (Lipinski definition) is 6. The van der Waals surface area contributed by atoms with Gasteiger partial charge in [-0.15, -0.1) is 23.1 Å². The molecule has 0 aliphatic heterocycles. The highest BCUT2D eigenvalue weighted by Gasteiger charge is 2.29. The SMILES string of the molecule is COC(=O)c1c(NC(=O)C(Sc2cccc(NC(=O)Cc3ccccc3)c2)c2ccccc2)sc2c1CCCCC2. The number of ether oxygens (including phenoxy) is 1. The predicted molar refractivity (Wildman–Crippen MR) is 166 cm³/mol. The Kier molecular flexibility index (Phi) is 9.54. The molecule has 8 heteroatoms. The van der Waals surface area contributed by atoms with Crippen LogP contribution in [0.2, 0.25) is 0 Å². The van der Waals surface area contributed by atoms with E-state index in [-0.39, 0.29) is 18.2 Å². The number of nitrogens with one attached hydrogen (secondary N) is 2. The second kappa shape index (κ2) is 13.7. The molecule has 0 radical (unpaired) electrons. The third-order valence-electron chi connectivity index (χ3n) is 6.97. The maximum Gasteiger partial charge on any atom is 0.341 e. The Morgan fingerprint density at radius 1 is 0.878 bits per heavy atom. The van der Waals surface area contributed by atoms with Crippen molar-refractivity contribution in [3.8, 4) is 0 Å². The van der Waals surface area contributed by atoms with Crippen molar-refractivity contribution in [2.75, 3.05) is 17.7 Å². The van der Waals surface area contributed by atoms with Gasteiger partial charge in [0.1, 0.15) is 10.3 Å². The Balaban J connectivity index is 1.37. The minimum Gasteiger partial charge on any atom is -0.465 e. The van der Waals surface area contributed by atoms with Gasteiger partial charge in [0, 0.05) is 15.5 Å². The number of fused-ring (bicyclic) bond motifs is 1. The van der Waals surface area contributed by atoms with E-state index in [0.29, 0.717) is 16.3 Å². The number of methoxy groups -OCH3 is 1. The minimum absolute atomic E-state index is 0.108. The minimum atomic E-state index is -0.584. The van der Waals surface area contributed by atoms with Gasteiger partial charge in [0.2, 0.25) is 11.8 Å². The molecule has 0 saturated heterocycles. The molecule has 1 unspecified atom stereocenters. The first kappa shape index (κ1) is 28.6. The number of carbonyl (C=O) groups excluding carboxylic acids is 3. The first-order valence-corrected chi connectivity index (χ1v) is 15.4. The van der Waals surface area contributed by atoms with Crippen molar-refractivity contribution in [2.45, 2.75) is 48.7 Å². The summed E-state index contributed by atoms with van der Waals surface area (Å²) in [4.78, 5) is 41.3. The van der Waals surface area contributed by atoms with Gasteiger partial charge in [0.05, 0.1) is 19.1 Å². The van der Waals surface area contributed by atoms with Crippen LogP contribution in [0.25, 0.3) is 0 Å². The molecule has 5 rings (SSSR count). The topological polar surface area (TPSA) is 84.5 Å². The molecule has 6 nitrogen and oxygen atoms in total. The normalized spacial score (nSPS) is 13.4. The third kappa shape index (κ3) is 7.26. The second-order valence-electron chi connectivity index (χ2n) is 9.90. The molecule has 210 valence electrons. The molecule has 1 heterocycles. The first-order valence-electron chi connectivity index (χ1n) is 13.7. The first-order chi connectivity index (χ1) is 20.0. The molecule has 1 aliphatic carbocycles. The van der Waals surface area contributed by atoms with Crippen molar-refractivity contribution >= 4 is 51.6 Å². The molecule has 3 aromatic carbocycles. The quantitative estimate of drug-likeness (QED) is 0.121. The average molecular weight is 585 g/mol. The molecule has 4 aromatic rings. The number of thiophene rings is 1. The van der Waals surface area contributed by atoms with E-state index in [9.17, 15) is 14.4 Å². The van der Waals surface area contributed by atoms with Crippen molar-refractivity contribution in [1.29, 1.82) is 0 Å². The summed E-state index contributed by atoms with van der Waals surface area (Å²) >= 11 is 2.88. The lowest BCUT2D eigenvalue weighted by atomic mass is 10.1. The maximum absolute atomic E-state index is 13.9. The standard InChI is InChI=1S/C33H32N2O4S2/c1-39-33(38)29-26-18-9-4-10-19-27(26)41-32(29)35-31(37)30(23-14-7-3-8-15-23)40-25-17-11-16-24(21-25)34-28(36)20-22-12-5-2-6-13-22/h2-3,5-8,11-17,21,30H,4,9-10,18-20H2,1H3,(H,34,36)(H,35,37). The second-order valence-corrected chi connectivity index (χ2v) is 12.2. The van der Waals surface area contributed by atoms with Gasteiger partial charge >= 0.3 is 5.97 Å². The zero-order chi connectivity index (χ0) is 28.6. The number of anilines is 2. The summed E-state index contributed by atoms with van der Waals surface area (Å²) in [5, 5.41) is 6.02. The summed E-state index contributed by atoms with van der Waals surface area (Å²) in [6.07, 6.45) is 5.21. The molecule has 0 fully saturated rings. The summed E-state index contributed by atoms with van der Waals surface area (Å²) in [5.74, 6) is -0.743. The number of esters is 1. The molecule has 0 saturated carbocycles. The third-order valence-corrected chi connectivity index (χ3v) is 9.42. The average Bonchev–Trinajstić information content (AvgIpc) is 3.16. The highest BCUT2D eigenvalue weighted by molar-refractivity contribution is 8.00. The molecule has 2 amide bonds. The molecule has 41 heavy (non-hydrogen) atoms. The number of carbonyl (C=O) groups is 3. The molecule has 2 N–H and O–H groups in total. The van der Waals surface area contributed by atoms with Crippen molar-refractivity contribution in [3.05, 3.63) is 112 Å². The van der Waals surface area contributed by atoms with Gasteiger partial charge in [-0.2, -0.15) is 0 Å². The van der Waals surface area contributed by atoms with Gasteiger partial charge in [-0.25, -0.2) is 4.79 Å². The van der Waals surface area contributed by atoms with Crippen molar-refractivity contribution in [1.82, 2.24) is 0 Å². The fraction of sp³-hybridized carbons (Fsp3) is 0.242.